The van der Waals surface area contributed by atoms with Crippen LogP contribution in [0, 0.1) is 0 Å². The molecule has 0 aromatic heterocycles. The van der Waals surface area contributed by atoms with Crippen molar-refractivity contribution in [3.63, 3.8) is 0 Å². The minimum absolute atomic E-state index is 0.222. The van der Waals surface area contributed by atoms with Crippen molar-refractivity contribution in [2.45, 2.75) is 52.0 Å². The van der Waals surface area contributed by atoms with Gasteiger partial charge in [-0.1, -0.05) is 38.7 Å². The summed E-state index contributed by atoms with van der Waals surface area (Å²) in [7, 11) is 0. The lowest BCUT2D eigenvalue weighted by atomic mass is 10.1. The molecule has 0 heterocycles. The molecule has 0 amide bonds. The molecule has 0 fully saturated rings. The van der Waals surface area contributed by atoms with E-state index in [1.807, 2.05) is 0 Å². The second kappa shape index (κ2) is 7.67. The maximum atomic E-state index is 11.2. The molecule has 0 spiro atoms. The number of carboxylic acid groups (broad SMARTS) is 1. The van der Waals surface area contributed by atoms with Gasteiger partial charge in [-0.15, -0.1) is 0 Å². The molecule has 0 aliphatic heterocycles. The summed E-state index contributed by atoms with van der Waals surface area (Å²) in [6.45, 7) is 4.25. The summed E-state index contributed by atoms with van der Waals surface area (Å²) in [6.07, 6.45) is 5.86. The first-order chi connectivity index (χ1) is 9.06. The highest BCUT2D eigenvalue weighted by Crippen LogP contribution is 2.25. The number of carboxylic acids is 1. The van der Waals surface area contributed by atoms with Crippen molar-refractivity contribution in [2.75, 3.05) is 11.1 Å². The van der Waals surface area contributed by atoms with Gasteiger partial charge in [0, 0.05) is 6.04 Å². The monoisotopic (exact) mass is 264 g/mol. The van der Waals surface area contributed by atoms with Gasteiger partial charge in [-0.25, -0.2) is 4.79 Å². The van der Waals surface area contributed by atoms with Gasteiger partial charge in [0.15, 0.2) is 0 Å². The van der Waals surface area contributed by atoms with Crippen molar-refractivity contribution < 1.29 is 9.90 Å². The lowest BCUT2D eigenvalue weighted by Gasteiger charge is -2.18. The fourth-order valence-corrected chi connectivity index (χ4v) is 2.11. The van der Waals surface area contributed by atoms with Gasteiger partial charge < -0.3 is 16.2 Å². The van der Waals surface area contributed by atoms with Crippen molar-refractivity contribution in [3.8, 4) is 0 Å². The average molecular weight is 264 g/mol. The second-order valence-electron chi connectivity index (χ2n) is 4.97. The molecule has 19 heavy (non-hydrogen) atoms. The van der Waals surface area contributed by atoms with E-state index in [2.05, 4.69) is 19.2 Å². The Morgan fingerprint density at radius 3 is 2.74 bits per heavy atom. The molecule has 1 unspecified atom stereocenters. The lowest BCUT2D eigenvalue weighted by molar-refractivity contribution is 0.0698. The molecule has 0 saturated heterocycles. The number of nitrogen functional groups attached to an aromatic ring is 1. The summed E-state index contributed by atoms with van der Waals surface area (Å²) in [4.78, 5) is 11.2. The molecule has 1 aromatic carbocycles. The van der Waals surface area contributed by atoms with Crippen LogP contribution in [0.3, 0.4) is 0 Å². The molecule has 0 bridgehead atoms. The zero-order valence-corrected chi connectivity index (χ0v) is 11.8. The fraction of sp³-hybridized carbons (Fsp3) is 0.533. The lowest BCUT2D eigenvalue weighted by Crippen LogP contribution is -2.18. The number of benzene rings is 1. The Balaban J connectivity index is 2.63. The van der Waals surface area contributed by atoms with Gasteiger partial charge in [-0.05, 0) is 25.5 Å². The maximum Gasteiger partial charge on any atom is 0.337 e. The number of hydrogen-bond donors (Lipinski definition) is 3. The number of carbonyl (C=O) groups is 1. The molecule has 0 aliphatic carbocycles. The van der Waals surface area contributed by atoms with Crippen LogP contribution in [0.15, 0.2) is 18.2 Å². The molecule has 1 rings (SSSR count). The third kappa shape index (κ3) is 4.81. The predicted molar refractivity (Wildman–Crippen MR) is 79.7 cm³/mol. The van der Waals surface area contributed by atoms with E-state index in [4.69, 9.17) is 10.8 Å². The van der Waals surface area contributed by atoms with E-state index < -0.39 is 5.97 Å². The normalized spacial score (nSPS) is 12.1. The van der Waals surface area contributed by atoms with Crippen LogP contribution in [-0.2, 0) is 0 Å². The van der Waals surface area contributed by atoms with E-state index in [0.717, 1.165) is 12.8 Å². The quantitative estimate of drug-likeness (QED) is 0.494. The summed E-state index contributed by atoms with van der Waals surface area (Å²) in [6, 6.07) is 5.18. The summed E-state index contributed by atoms with van der Waals surface area (Å²) >= 11 is 0. The molecule has 4 heteroatoms. The minimum atomic E-state index is -0.951. The van der Waals surface area contributed by atoms with Crippen LogP contribution in [0.5, 0.6) is 0 Å². The van der Waals surface area contributed by atoms with Crippen molar-refractivity contribution in [2.24, 2.45) is 0 Å². The van der Waals surface area contributed by atoms with E-state index in [1.54, 1.807) is 18.2 Å². The van der Waals surface area contributed by atoms with Gasteiger partial charge in [0.2, 0.25) is 0 Å². The topological polar surface area (TPSA) is 75.3 Å². The Hall–Kier alpha value is -1.71. The average Bonchev–Trinajstić information content (AvgIpc) is 2.37. The third-order valence-electron chi connectivity index (χ3n) is 3.21. The van der Waals surface area contributed by atoms with Gasteiger partial charge in [0.1, 0.15) is 0 Å². The van der Waals surface area contributed by atoms with Crippen LogP contribution < -0.4 is 11.1 Å². The number of rotatable bonds is 8. The first-order valence-electron chi connectivity index (χ1n) is 6.94. The van der Waals surface area contributed by atoms with Crippen LogP contribution in [0.4, 0.5) is 11.4 Å². The summed E-state index contributed by atoms with van der Waals surface area (Å²) in [5.41, 5.74) is 7.12. The molecule has 1 aromatic rings. The van der Waals surface area contributed by atoms with E-state index in [-0.39, 0.29) is 11.6 Å². The fourth-order valence-electron chi connectivity index (χ4n) is 2.11. The number of hydrogen-bond acceptors (Lipinski definition) is 3. The number of unbranched alkanes of at least 4 members (excludes halogenated alkanes) is 3. The van der Waals surface area contributed by atoms with Gasteiger partial charge in [0.25, 0.3) is 0 Å². The Morgan fingerprint density at radius 1 is 1.37 bits per heavy atom. The smallest absolute Gasteiger partial charge is 0.337 e. The third-order valence-corrected chi connectivity index (χ3v) is 3.21. The van der Waals surface area contributed by atoms with Gasteiger partial charge in [0.05, 0.1) is 16.9 Å². The molecule has 0 radical (unpaired) electrons. The highest BCUT2D eigenvalue weighted by molar-refractivity contribution is 5.97. The molecule has 106 valence electrons. The molecule has 0 saturated carbocycles. The highest BCUT2D eigenvalue weighted by atomic mass is 16.4. The van der Waals surface area contributed by atoms with Crippen LogP contribution in [0.25, 0.3) is 0 Å². The van der Waals surface area contributed by atoms with E-state index in [9.17, 15) is 4.79 Å². The summed E-state index contributed by atoms with van der Waals surface area (Å²) in [5.74, 6) is -0.951. The number of para-hydroxylation sites is 1. The van der Waals surface area contributed by atoms with Gasteiger partial charge in [-0.2, -0.15) is 0 Å². The molecule has 0 aliphatic rings. The maximum absolute atomic E-state index is 11.2. The standard InChI is InChI=1S/C15H24N2O2/c1-3-4-5-6-8-11(2)17-14-12(15(18)19)9-7-10-13(14)16/h7,9-11,17H,3-6,8,16H2,1-2H3,(H,18,19). The highest BCUT2D eigenvalue weighted by Gasteiger charge is 2.14. The van der Waals surface area contributed by atoms with Crippen molar-refractivity contribution in [3.05, 3.63) is 23.8 Å². The number of nitrogens with one attached hydrogen (secondary N) is 1. The molecule has 4 nitrogen and oxygen atoms in total. The number of nitrogens with two attached hydrogens (primary N) is 1. The van der Waals surface area contributed by atoms with Crippen LogP contribution in [-0.4, -0.2) is 17.1 Å². The first-order valence-corrected chi connectivity index (χ1v) is 6.94. The van der Waals surface area contributed by atoms with Crippen molar-refractivity contribution in [1.29, 1.82) is 0 Å². The molecule has 4 N–H and O–H groups in total. The predicted octanol–water partition coefficient (Wildman–Crippen LogP) is 3.74. The second-order valence-corrected chi connectivity index (χ2v) is 4.97. The zero-order chi connectivity index (χ0) is 14.3. The van der Waals surface area contributed by atoms with Crippen LogP contribution >= 0.6 is 0 Å². The Bertz CT molecular complexity index is 419. The molecular formula is C15H24N2O2. The summed E-state index contributed by atoms with van der Waals surface area (Å²) in [5, 5.41) is 12.4. The largest absolute Gasteiger partial charge is 0.478 e. The SMILES string of the molecule is CCCCCCC(C)Nc1c(N)cccc1C(=O)O. The van der Waals surface area contributed by atoms with E-state index in [1.165, 1.54) is 19.3 Å². The Morgan fingerprint density at radius 2 is 2.11 bits per heavy atom. The van der Waals surface area contributed by atoms with Crippen molar-refractivity contribution >= 4 is 17.3 Å². The van der Waals surface area contributed by atoms with Crippen LogP contribution in [0.2, 0.25) is 0 Å². The van der Waals surface area contributed by atoms with E-state index in [0.29, 0.717) is 11.4 Å². The zero-order valence-electron chi connectivity index (χ0n) is 11.8. The Kier molecular flexibility index (Phi) is 6.19. The molecular weight excluding hydrogens is 240 g/mol. The van der Waals surface area contributed by atoms with E-state index >= 15 is 0 Å². The van der Waals surface area contributed by atoms with Gasteiger partial charge >= 0.3 is 5.97 Å². The Labute approximate surface area is 115 Å². The minimum Gasteiger partial charge on any atom is -0.478 e. The van der Waals surface area contributed by atoms with Crippen LogP contribution in [0.1, 0.15) is 56.3 Å². The van der Waals surface area contributed by atoms with Crippen molar-refractivity contribution in [1.82, 2.24) is 0 Å². The number of aromatic carboxylic acids is 1. The number of anilines is 2. The van der Waals surface area contributed by atoms with Gasteiger partial charge in [-0.3, -0.25) is 0 Å². The first kappa shape index (κ1) is 15.3. The summed E-state index contributed by atoms with van der Waals surface area (Å²) < 4.78 is 0. The molecule has 1 atom stereocenters.